The highest BCUT2D eigenvalue weighted by atomic mass is 16.3. The molecule has 0 saturated heterocycles. The zero-order chi connectivity index (χ0) is 11.2. The molecule has 1 fully saturated rings. The molecular formula is C14H23NO. The maximum Gasteiger partial charge on any atom is 0.0950 e. The van der Waals surface area contributed by atoms with Crippen LogP contribution in [0.5, 0.6) is 0 Å². The molecule has 2 rings (SSSR count). The molecule has 1 saturated carbocycles. The Morgan fingerprint density at radius 3 is 2.88 bits per heavy atom. The summed E-state index contributed by atoms with van der Waals surface area (Å²) in [6.07, 6.45) is 11.8. The van der Waals surface area contributed by atoms with E-state index in [0.29, 0.717) is 6.04 Å². The lowest BCUT2D eigenvalue weighted by atomic mass is 9.95. The monoisotopic (exact) mass is 221 g/mol. The predicted octanol–water partition coefficient (Wildman–Crippen LogP) is 3.90. The third-order valence-corrected chi connectivity index (χ3v) is 3.63. The van der Waals surface area contributed by atoms with Crippen LogP contribution < -0.4 is 5.32 Å². The molecule has 1 aromatic heterocycles. The van der Waals surface area contributed by atoms with Crippen molar-refractivity contribution in [3.05, 3.63) is 24.2 Å². The Morgan fingerprint density at radius 1 is 1.44 bits per heavy atom. The van der Waals surface area contributed by atoms with Crippen LogP contribution in [0.2, 0.25) is 0 Å². The van der Waals surface area contributed by atoms with Crippen molar-refractivity contribution >= 4 is 0 Å². The number of rotatable bonds is 6. The minimum Gasteiger partial charge on any atom is -0.472 e. The Kier molecular flexibility index (Phi) is 4.46. The van der Waals surface area contributed by atoms with E-state index in [1.807, 2.05) is 6.26 Å². The molecule has 1 unspecified atom stereocenters. The molecule has 2 heteroatoms. The predicted molar refractivity (Wildman–Crippen MR) is 66.3 cm³/mol. The average Bonchev–Trinajstić information content (AvgIpc) is 2.96. The van der Waals surface area contributed by atoms with E-state index in [1.54, 1.807) is 6.26 Å². The van der Waals surface area contributed by atoms with Crippen LogP contribution in [0.4, 0.5) is 0 Å². The van der Waals surface area contributed by atoms with Gasteiger partial charge in [-0.25, -0.2) is 0 Å². The summed E-state index contributed by atoms with van der Waals surface area (Å²) in [6.45, 7) is 3.32. The van der Waals surface area contributed by atoms with Crippen LogP contribution >= 0.6 is 0 Å². The molecule has 16 heavy (non-hydrogen) atoms. The van der Waals surface area contributed by atoms with Crippen LogP contribution in [-0.2, 0) is 0 Å². The zero-order valence-electron chi connectivity index (χ0n) is 10.2. The Labute approximate surface area is 98.4 Å². The summed E-state index contributed by atoms with van der Waals surface area (Å²) in [5, 5.41) is 3.64. The van der Waals surface area contributed by atoms with E-state index >= 15 is 0 Å². The normalized spacial score (nSPS) is 19.1. The van der Waals surface area contributed by atoms with E-state index in [9.17, 15) is 0 Å². The molecule has 0 spiro atoms. The number of hydrogen-bond acceptors (Lipinski definition) is 2. The fourth-order valence-corrected chi connectivity index (χ4v) is 2.71. The summed E-state index contributed by atoms with van der Waals surface area (Å²) in [6, 6.07) is 2.60. The van der Waals surface area contributed by atoms with Crippen molar-refractivity contribution in [3.8, 4) is 0 Å². The van der Waals surface area contributed by atoms with Gasteiger partial charge in [0.2, 0.25) is 0 Å². The second-order valence-corrected chi connectivity index (χ2v) is 4.95. The number of hydrogen-bond donors (Lipinski definition) is 1. The van der Waals surface area contributed by atoms with Gasteiger partial charge in [-0.15, -0.1) is 0 Å². The highest BCUT2D eigenvalue weighted by molar-refractivity contribution is 5.11. The SMILES string of the molecule is CCCNC(CC1CCCC1)c1ccoc1. The van der Waals surface area contributed by atoms with Gasteiger partial charge >= 0.3 is 0 Å². The Bertz CT molecular complexity index is 275. The minimum absolute atomic E-state index is 0.502. The molecule has 0 radical (unpaired) electrons. The minimum atomic E-state index is 0.502. The van der Waals surface area contributed by atoms with E-state index in [1.165, 1.54) is 44.1 Å². The van der Waals surface area contributed by atoms with E-state index in [4.69, 9.17) is 4.42 Å². The van der Waals surface area contributed by atoms with Gasteiger partial charge in [0.1, 0.15) is 0 Å². The van der Waals surface area contributed by atoms with Crippen molar-refractivity contribution in [1.82, 2.24) is 5.32 Å². The van der Waals surface area contributed by atoms with Crippen LogP contribution in [0.25, 0.3) is 0 Å². The first kappa shape index (κ1) is 11.7. The van der Waals surface area contributed by atoms with Crippen molar-refractivity contribution in [3.63, 3.8) is 0 Å². The van der Waals surface area contributed by atoms with Crippen molar-refractivity contribution in [1.29, 1.82) is 0 Å². The summed E-state index contributed by atoms with van der Waals surface area (Å²) in [5.41, 5.74) is 1.32. The van der Waals surface area contributed by atoms with Gasteiger partial charge < -0.3 is 9.73 Å². The van der Waals surface area contributed by atoms with E-state index < -0.39 is 0 Å². The fourth-order valence-electron chi connectivity index (χ4n) is 2.71. The standard InChI is InChI=1S/C14H23NO/c1-2-8-15-14(13-7-9-16-11-13)10-12-5-3-4-6-12/h7,9,11-12,14-15H,2-6,8,10H2,1H3. The van der Waals surface area contributed by atoms with Crippen LogP contribution in [-0.4, -0.2) is 6.54 Å². The van der Waals surface area contributed by atoms with Crippen molar-refractivity contribution in [2.45, 2.75) is 51.5 Å². The van der Waals surface area contributed by atoms with Gasteiger partial charge in [-0.3, -0.25) is 0 Å². The molecule has 0 aromatic carbocycles. The number of nitrogens with one attached hydrogen (secondary N) is 1. The van der Waals surface area contributed by atoms with Gasteiger partial charge in [-0.1, -0.05) is 32.6 Å². The highest BCUT2D eigenvalue weighted by Crippen LogP contribution is 2.33. The molecule has 1 aliphatic rings. The largest absolute Gasteiger partial charge is 0.472 e. The van der Waals surface area contributed by atoms with Gasteiger partial charge in [0, 0.05) is 11.6 Å². The topological polar surface area (TPSA) is 25.2 Å². The number of furan rings is 1. The summed E-state index contributed by atoms with van der Waals surface area (Å²) in [7, 11) is 0. The summed E-state index contributed by atoms with van der Waals surface area (Å²) in [5.74, 6) is 0.921. The molecule has 0 aliphatic heterocycles. The lowest BCUT2D eigenvalue weighted by Gasteiger charge is -2.20. The van der Waals surface area contributed by atoms with E-state index in [2.05, 4.69) is 18.3 Å². The summed E-state index contributed by atoms with van der Waals surface area (Å²) < 4.78 is 5.20. The summed E-state index contributed by atoms with van der Waals surface area (Å²) >= 11 is 0. The molecule has 1 aromatic rings. The van der Waals surface area contributed by atoms with Crippen LogP contribution in [0.15, 0.2) is 23.0 Å². The molecule has 1 aliphatic carbocycles. The van der Waals surface area contributed by atoms with Crippen molar-refractivity contribution < 1.29 is 4.42 Å². The van der Waals surface area contributed by atoms with Gasteiger partial charge in [-0.2, -0.15) is 0 Å². The second-order valence-electron chi connectivity index (χ2n) is 4.95. The first-order chi connectivity index (χ1) is 7.90. The van der Waals surface area contributed by atoms with Crippen LogP contribution in [0, 0.1) is 5.92 Å². The van der Waals surface area contributed by atoms with Crippen molar-refractivity contribution in [2.24, 2.45) is 5.92 Å². The van der Waals surface area contributed by atoms with Gasteiger partial charge in [-0.05, 0) is 31.4 Å². The lowest BCUT2D eigenvalue weighted by molar-refractivity contribution is 0.392. The van der Waals surface area contributed by atoms with Gasteiger partial charge in [0.15, 0.2) is 0 Å². The third-order valence-electron chi connectivity index (χ3n) is 3.63. The molecule has 0 amide bonds. The highest BCUT2D eigenvalue weighted by Gasteiger charge is 2.21. The Morgan fingerprint density at radius 2 is 2.25 bits per heavy atom. The molecule has 90 valence electrons. The molecule has 1 heterocycles. The molecular weight excluding hydrogens is 198 g/mol. The van der Waals surface area contributed by atoms with Crippen LogP contribution in [0.1, 0.15) is 57.1 Å². The van der Waals surface area contributed by atoms with Gasteiger partial charge in [0.25, 0.3) is 0 Å². The van der Waals surface area contributed by atoms with Gasteiger partial charge in [0.05, 0.1) is 12.5 Å². The zero-order valence-corrected chi connectivity index (χ0v) is 10.2. The Balaban J connectivity index is 1.91. The summed E-state index contributed by atoms with van der Waals surface area (Å²) in [4.78, 5) is 0. The molecule has 0 bridgehead atoms. The second kappa shape index (κ2) is 6.09. The molecule has 2 nitrogen and oxygen atoms in total. The van der Waals surface area contributed by atoms with E-state index in [-0.39, 0.29) is 0 Å². The Hall–Kier alpha value is -0.760. The fraction of sp³-hybridized carbons (Fsp3) is 0.714. The van der Waals surface area contributed by atoms with Crippen molar-refractivity contribution in [2.75, 3.05) is 6.54 Å². The molecule has 1 N–H and O–H groups in total. The third kappa shape index (κ3) is 3.11. The smallest absolute Gasteiger partial charge is 0.0950 e. The van der Waals surface area contributed by atoms with Crippen LogP contribution in [0.3, 0.4) is 0 Å². The lowest BCUT2D eigenvalue weighted by Crippen LogP contribution is -2.23. The molecule has 1 atom stereocenters. The maximum atomic E-state index is 5.20. The average molecular weight is 221 g/mol. The van der Waals surface area contributed by atoms with E-state index in [0.717, 1.165) is 12.5 Å². The first-order valence-electron chi connectivity index (χ1n) is 6.65. The first-order valence-corrected chi connectivity index (χ1v) is 6.65. The quantitative estimate of drug-likeness (QED) is 0.788. The maximum absolute atomic E-state index is 5.20.